The zero-order chi connectivity index (χ0) is 12.4. The van der Waals surface area contributed by atoms with Crippen molar-refractivity contribution in [2.24, 2.45) is 0 Å². The predicted molar refractivity (Wildman–Crippen MR) is 62.6 cm³/mol. The van der Waals surface area contributed by atoms with Gasteiger partial charge in [0.15, 0.2) is 0 Å². The summed E-state index contributed by atoms with van der Waals surface area (Å²) >= 11 is 0. The Labute approximate surface area is 98.8 Å². The minimum absolute atomic E-state index is 0.100. The summed E-state index contributed by atoms with van der Waals surface area (Å²) in [6, 6.07) is 4.46. The van der Waals surface area contributed by atoms with Gasteiger partial charge in [-0.1, -0.05) is 6.07 Å². The van der Waals surface area contributed by atoms with Crippen molar-refractivity contribution in [3.8, 4) is 5.75 Å². The number of hydrogen-bond donors (Lipinski definition) is 3. The molecule has 2 amide bonds. The van der Waals surface area contributed by atoms with Crippen LogP contribution in [0.3, 0.4) is 0 Å². The molecule has 1 heterocycles. The van der Waals surface area contributed by atoms with E-state index in [1.165, 1.54) is 6.07 Å². The fraction of sp³-hybridized carbons (Fsp3) is 0.333. The molecule has 1 aliphatic heterocycles. The first-order chi connectivity index (χ1) is 8.06. The van der Waals surface area contributed by atoms with E-state index in [-0.39, 0.29) is 17.6 Å². The molecule has 0 saturated carbocycles. The molecule has 1 fully saturated rings. The third-order valence-corrected chi connectivity index (χ3v) is 2.79. The smallest absolute Gasteiger partial charge is 0.246 e. The van der Waals surface area contributed by atoms with Gasteiger partial charge in [0, 0.05) is 18.2 Å². The van der Waals surface area contributed by atoms with E-state index in [2.05, 4.69) is 10.6 Å². The molecule has 2 rings (SSSR count). The summed E-state index contributed by atoms with van der Waals surface area (Å²) in [5.41, 5.74) is 1.27. The number of aryl methyl sites for hydroxylation is 1. The number of phenols is 1. The maximum atomic E-state index is 11.7. The average molecular weight is 234 g/mol. The second-order valence-electron chi connectivity index (χ2n) is 4.15. The Balaban J connectivity index is 2.03. The third kappa shape index (κ3) is 2.55. The van der Waals surface area contributed by atoms with E-state index in [0.29, 0.717) is 18.5 Å². The summed E-state index contributed by atoms with van der Waals surface area (Å²) in [6.45, 7) is 1.78. The molecule has 5 heteroatoms. The van der Waals surface area contributed by atoms with E-state index in [0.717, 1.165) is 5.56 Å². The van der Waals surface area contributed by atoms with Crippen molar-refractivity contribution in [1.29, 1.82) is 0 Å². The van der Waals surface area contributed by atoms with Gasteiger partial charge in [0.05, 0.1) is 0 Å². The topological polar surface area (TPSA) is 78.4 Å². The fourth-order valence-corrected chi connectivity index (χ4v) is 1.73. The first kappa shape index (κ1) is 11.4. The van der Waals surface area contributed by atoms with Crippen LogP contribution < -0.4 is 10.6 Å². The highest BCUT2D eigenvalue weighted by Gasteiger charge is 2.27. The molecule has 5 nitrogen and oxygen atoms in total. The highest BCUT2D eigenvalue weighted by atomic mass is 16.3. The lowest BCUT2D eigenvalue weighted by Gasteiger charge is -2.11. The second-order valence-corrected chi connectivity index (χ2v) is 4.15. The van der Waals surface area contributed by atoms with Crippen molar-refractivity contribution in [3.63, 3.8) is 0 Å². The molecule has 90 valence electrons. The van der Waals surface area contributed by atoms with Crippen molar-refractivity contribution in [2.75, 3.05) is 5.32 Å². The maximum absolute atomic E-state index is 11.7. The predicted octanol–water partition coefficient (Wildman–Crippen LogP) is 0.918. The SMILES string of the molecule is Cc1ccc(NC(=O)C2CCC(=O)N2)cc1O. The highest BCUT2D eigenvalue weighted by molar-refractivity contribution is 5.99. The summed E-state index contributed by atoms with van der Waals surface area (Å²) in [7, 11) is 0. The summed E-state index contributed by atoms with van der Waals surface area (Å²) in [4.78, 5) is 22.7. The van der Waals surface area contributed by atoms with E-state index in [9.17, 15) is 14.7 Å². The molecular formula is C12H14N2O3. The van der Waals surface area contributed by atoms with Gasteiger partial charge in [0.25, 0.3) is 0 Å². The van der Waals surface area contributed by atoms with Gasteiger partial charge >= 0.3 is 0 Å². The van der Waals surface area contributed by atoms with Crippen LogP contribution in [0.2, 0.25) is 0 Å². The van der Waals surface area contributed by atoms with Crippen LogP contribution in [0.25, 0.3) is 0 Å². The molecule has 1 aliphatic rings. The Hall–Kier alpha value is -2.04. The molecule has 0 radical (unpaired) electrons. The number of rotatable bonds is 2. The standard InChI is InChI=1S/C12H14N2O3/c1-7-2-3-8(6-10(7)15)13-12(17)9-4-5-11(16)14-9/h2-3,6,9,15H,4-5H2,1H3,(H,13,17)(H,14,16). The van der Waals surface area contributed by atoms with Crippen molar-refractivity contribution >= 4 is 17.5 Å². The van der Waals surface area contributed by atoms with Crippen molar-refractivity contribution in [2.45, 2.75) is 25.8 Å². The molecule has 1 saturated heterocycles. The molecule has 1 atom stereocenters. The largest absolute Gasteiger partial charge is 0.508 e. The van der Waals surface area contributed by atoms with Crippen LogP contribution in [0.4, 0.5) is 5.69 Å². The minimum atomic E-state index is -0.467. The van der Waals surface area contributed by atoms with E-state index < -0.39 is 6.04 Å². The monoisotopic (exact) mass is 234 g/mol. The first-order valence-corrected chi connectivity index (χ1v) is 5.46. The Morgan fingerprint density at radius 1 is 1.53 bits per heavy atom. The first-order valence-electron chi connectivity index (χ1n) is 5.46. The average Bonchev–Trinajstić information content (AvgIpc) is 2.70. The van der Waals surface area contributed by atoms with Crippen molar-refractivity contribution in [1.82, 2.24) is 5.32 Å². The summed E-state index contributed by atoms with van der Waals surface area (Å²) < 4.78 is 0. The molecule has 0 aromatic heterocycles. The number of carbonyl (C=O) groups excluding carboxylic acids is 2. The highest BCUT2D eigenvalue weighted by Crippen LogP contribution is 2.21. The van der Waals surface area contributed by atoms with Crippen LogP contribution in [0.5, 0.6) is 5.75 Å². The molecular weight excluding hydrogens is 220 g/mol. The molecule has 3 N–H and O–H groups in total. The van der Waals surface area contributed by atoms with Crippen molar-refractivity contribution in [3.05, 3.63) is 23.8 Å². The lowest BCUT2D eigenvalue weighted by Crippen LogP contribution is -2.37. The van der Waals surface area contributed by atoms with Gasteiger partial charge in [-0.3, -0.25) is 9.59 Å². The maximum Gasteiger partial charge on any atom is 0.246 e. The van der Waals surface area contributed by atoms with E-state index in [1.807, 2.05) is 0 Å². The Morgan fingerprint density at radius 2 is 2.29 bits per heavy atom. The number of carbonyl (C=O) groups is 2. The van der Waals surface area contributed by atoms with Crippen LogP contribution in [0, 0.1) is 6.92 Å². The number of hydrogen-bond acceptors (Lipinski definition) is 3. The van der Waals surface area contributed by atoms with Crippen LogP contribution in [0.1, 0.15) is 18.4 Å². The van der Waals surface area contributed by atoms with Crippen molar-refractivity contribution < 1.29 is 14.7 Å². The van der Waals surface area contributed by atoms with Crippen LogP contribution >= 0.6 is 0 Å². The summed E-state index contributed by atoms with van der Waals surface area (Å²) in [5, 5.41) is 14.7. The lowest BCUT2D eigenvalue weighted by atomic mass is 10.2. The summed E-state index contributed by atoms with van der Waals surface area (Å²) in [6.07, 6.45) is 0.903. The van der Waals surface area contributed by atoms with E-state index >= 15 is 0 Å². The second kappa shape index (κ2) is 4.45. The zero-order valence-electron chi connectivity index (χ0n) is 9.49. The van der Waals surface area contributed by atoms with E-state index in [1.54, 1.807) is 19.1 Å². The molecule has 0 bridgehead atoms. The number of benzene rings is 1. The summed E-state index contributed by atoms with van der Waals surface area (Å²) in [5.74, 6) is -0.214. The molecule has 0 spiro atoms. The van der Waals surface area contributed by atoms with Gasteiger partial charge in [0.1, 0.15) is 11.8 Å². The van der Waals surface area contributed by atoms with Gasteiger partial charge < -0.3 is 15.7 Å². The number of amides is 2. The Morgan fingerprint density at radius 3 is 2.88 bits per heavy atom. The Kier molecular flexibility index (Phi) is 2.99. The van der Waals surface area contributed by atoms with Crippen LogP contribution in [-0.2, 0) is 9.59 Å². The number of aromatic hydroxyl groups is 1. The molecule has 17 heavy (non-hydrogen) atoms. The zero-order valence-corrected chi connectivity index (χ0v) is 9.49. The molecule has 1 aromatic rings. The number of anilines is 1. The molecule has 1 aromatic carbocycles. The molecule has 1 unspecified atom stereocenters. The van der Waals surface area contributed by atoms with Gasteiger partial charge in [-0.15, -0.1) is 0 Å². The Bertz CT molecular complexity index is 471. The number of nitrogens with one attached hydrogen (secondary N) is 2. The van der Waals surface area contributed by atoms with E-state index in [4.69, 9.17) is 0 Å². The molecule has 0 aliphatic carbocycles. The van der Waals surface area contributed by atoms with Gasteiger partial charge in [0.2, 0.25) is 11.8 Å². The van der Waals surface area contributed by atoms with Crippen LogP contribution in [0.15, 0.2) is 18.2 Å². The lowest BCUT2D eigenvalue weighted by molar-refractivity contribution is -0.122. The minimum Gasteiger partial charge on any atom is -0.508 e. The quantitative estimate of drug-likeness (QED) is 0.712. The third-order valence-electron chi connectivity index (χ3n) is 2.79. The van der Waals surface area contributed by atoms with Crippen LogP contribution in [-0.4, -0.2) is 23.0 Å². The van der Waals surface area contributed by atoms with Gasteiger partial charge in [-0.25, -0.2) is 0 Å². The van der Waals surface area contributed by atoms with Gasteiger partial charge in [-0.2, -0.15) is 0 Å². The normalized spacial score (nSPS) is 18.9. The number of phenolic OH excluding ortho intramolecular Hbond substituents is 1. The van der Waals surface area contributed by atoms with Gasteiger partial charge in [-0.05, 0) is 25.0 Å². The fourth-order valence-electron chi connectivity index (χ4n) is 1.73.